The molecule has 64 valence electrons. The molecule has 1 heteroatoms. The molecule has 0 nitrogen and oxygen atoms in total. The van der Waals surface area contributed by atoms with Crippen molar-refractivity contribution >= 4 is 14.7 Å². The highest BCUT2D eigenvalue weighted by molar-refractivity contribution is 6.62. The fourth-order valence-electron chi connectivity index (χ4n) is 1.42. The molecule has 0 atom stereocenters. The maximum absolute atomic E-state index is 2.31. The Labute approximate surface area is 81.8 Å². The Bertz CT molecular complexity index is 361. The van der Waals surface area contributed by atoms with Crippen LogP contribution < -0.4 is 5.19 Å². The topological polar surface area (TPSA) is 0 Å². The van der Waals surface area contributed by atoms with Crippen molar-refractivity contribution in [2.45, 2.75) is 13.3 Å². The molecule has 0 heterocycles. The van der Waals surface area contributed by atoms with Gasteiger partial charge in [-0.05, 0) is 13.3 Å². The maximum atomic E-state index is 2.31. The molecule has 0 unspecified atom stereocenters. The van der Waals surface area contributed by atoms with Gasteiger partial charge in [0.05, 0.1) is 0 Å². The van der Waals surface area contributed by atoms with Gasteiger partial charge in [0, 0.05) is 0 Å². The fraction of sp³-hybridized carbons (Fsp3) is 0.167. The normalized spacial score (nSPS) is 14.7. The van der Waals surface area contributed by atoms with Crippen molar-refractivity contribution in [1.29, 1.82) is 0 Å². The van der Waals surface area contributed by atoms with Crippen molar-refractivity contribution in [2.75, 3.05) is 0 Å². The molecule has 1 aliphatic carbocycles. The lowest BCUT2D eigenvalue weighted by molar-refractivity contribution is 1.45. The lowest BCUT2D eigenvalue weighted by Crippen LogP contribution is -2.18. The summed E-state index contributed by atoms with van der Waals surface area (Å²) >= 11 is 0. The molecule has 1 aliphatic rings. The van der Waals surface area contributed by atoms with Gasteiger partial charge < -0.3 is 0 Å². The van der Waals surface area contributed by atoms with Gasteiger partial charge in [0.15, 0.2) is 0 Å². The molecule has 1 aromatic rings. The Balaban J connectivity index is 2.18. The van der Waals surface area contributed by atoms with Crippen LogP contribution in [-0.2, 0) is 0 Å². The summed E-state index contributed by atoms with van der Waals surface area (Å²) in [5.41, 5.74) is 1.40. The van der Waals surface area contributed by atoms with E-state index in [4.69, 9.17) is 0 Å². The van der Waals surface area contributed by atoms with Gasteiger partial charge in [-0.2, -0.15) is 0 Å². The molecule has 0 amide bonds. The highest BCUT2D eigenvalue weighted by Crippen LogP contribution is 2.07. The highest BCUT2D eigenvalue weighted by Gasteiger charge is 2.03. The predicted octanol–water partition coefficient (Wildman–Crippen LogP) is 2.17. The Hall–Kier alpha value is -1.08. The lowest BCUT2D eigenvalue weighted by atomic mass is 10.2. The molecule has 0 saturated carbocycles. The zero-order valence-electron chi connectivity index (χ0n) is 7.75. The summed E-state index contributed by atoms with van der Waals surface area (Å²) in [7, 11) is 0.831. The first-order chi connectivity index (χ1) is 6.36. The van der Waals surface area contributed by atoms with Gasteiger partial charge >= 0.3 is 0 Å². The standard InChI is InChI=1S/C12H12Si/c1-10-6-2-5-9-12(10)13-11-7-3-4-8-11/h2-3,5-9H,4H2,1H3. The van der Waals surface area contributed by atoms with Crippen LogP contribution in [0.2, 0.25) is 0 Å². The summed E-state index contributed by atoms with van der Waals surface area (Å²) in [4.78, 5) is 0. The first-order valence-electron chi connectivity index (χ1n) is 4.55. The van der Waals surface area contributed by atoms with Crippen molar-refractivity contribution in [3.05, 3.63) is 53.3 Å². The van der Waals surface area contributed by atoms with Crippen LogP contribution in [0.3, 0.4) is 0 Å². The van der Waals surface area contributed by atoms with E-state index >= 15 is 0 Å². The molecule has 0 bridgehead atoms. The van der Waals surface area contributed by atoms with E-state index in [0.717, 1.165) is 15.9 Å². The Morgan fingerprint density at radius 1 is 1.23 bits per heavy atom. The number of aryl methyl sites for hydroxylation is 1. The van der Waals surface area contributed by atoms with E-state index in [2.05, 4.69) is 49.4 Å². The average molecular weight is 184 g/mol. The van der Waals surface area contributed by atoms with Gasteiger partial charge in [-0.1, -0.05) is 58.4 Å². The molecule has 13 heavy (non-hydrogen) atoms. The van der Waals surface area contributed by atoms with Gasteiger partial charge in [-0.15, -0.1) is 0 Å². The minimum Gasteiger partial charge on any atom is -0.0816 e. The van der Waals surface area contributed by atoms with Crippen molar-refractivity contribution in [1.82, 2.24) is 0 Å². The summed E-state index contributed by atoms with van der Waals surface area (Å²) in [6.07, 6.45) is 7.89. The summed E-state index contributed by atoms with van der Waals surface area (Å²) < 4.78 is 0. The second kappa shape index (κ2) is 3.75. The van der Waals surface area contributed by atoms with E-state index < -0.39 is 0 Å². The van der Waals surface area contributed by atoms with Gasteiger partial charge in [-0.3, -0.25) is 0 Å². The van der Waals surface area contributed by atoms with Crippen molar-refractivity contribution in [3.63, 3.8) is 0 Å². The fourth-order valence-corrected chi connectivity index (χ4v) is 2.61. The second-order valence-electron chi connectivity index (χ2n) is 3.24. The van der Waals surface area contributed by atoms with Crippen molar-refractivity contribution in [2.24, 2.45) is 0 Å². The quantitative estimate of drug-likeness (QED) is 0.618. The summed E-state index contributed by atoms with van der Waals surface area (Å²) in [6, 6.07) is 8.62. The number of hydrogen-bond donors (Lipinski definition) is 0. The first kappa shape index (κ1) is 8.51. The molecule has 0 saturated heterocycles. The van der Waals surface area contributed by atoms with E-state index in [-0.39, 0.29) is 0 Å². The highest BCUT2D eigenvalue weighted by atomic mass is 28.2. The van der Waals surface area contributed by atoms with Gasteiger partial charge in [0.2, 0.25) is 0 Å². The number of allylic oxidation sites excluding steroid dienone is 4. The third-order valence-electron chi connectivity index (χ3n) is 2.20. The monoisotopic (exact) mass is 184 g/mol. The van der Waals surface area contributed by atoms with E-state index in [1.54, 1.807) is 0 Å². The largest absolute Gasteiger partial charge is 0.121 e. The van der Waals surface area contributed by atoms with E-state index in [0.29, 0.717) is 0 Å². The van der Waals surface area contributed by atoms with E-state index in [1.807, 2.05) is 0 Å². The molecular formula is C12H12Si. The summed E-state index contributed by atoms with van der Waals surface area (Å²) in [5, 5.41) is 2.95. The second-order valence-corrected chi connectivity index (χ2v) is 4.60. The molecule has 2 radical (unpaired) electrons. The lowest BCUT2D eigenvalue weighted by Gasteiger charge is -2.02. The number of benzene rings is 1. The molecule has 0 aromatic heterocycles. The zero-order chi connectivity index (χ0) is 9.10. The minimum absolute atomic E-state index is 0.831. The van der Waals surface area contributed by atoms with E-state index in [1.165, 1.54) is 15.9 Å². The van der Waals surface area contributed by atoms with Crippen molar-refractivity contribution < 1.29 is 0 Å². The zero-order valence-corrected chi connectivity index (χ0v) is 8.75. The van der Waals surface area contributed by atoms with Crippen LogP contribution in [0, 0.1) is 6.92 Å². The van der Waals surface area contributed by atoms with Crippen molar-refractivity contribution in [3.8, 4) is 0 Å². The van der Waals surface area contributed by atoms with Crippen LogP contribution in [0.4, 0.5) is 0 Å². The SMILES string of the molecule is Cc1ccccc1[Si]C1=CCC=C1. The third kappa shape index (κ3) is 1.98. The molecule has 0 aliphatic heterocycles. The molecule has 0 fully saturated rings. The Kier molecular flexibility index (Phi) is 2.46. The van der Waals surface area contributed by atoms with Gasteiger partial charge in [0.1, 0.15) is 9.52 Å². The molecule has 1 aromatic carbocycles. The number of rotatable bonds is 2. The van der Waals surface area contributed by atoms with Gasteiger partial charge in [0.25, 0.3) is 0 Å². The van der Waals surface area contributed by atoms with Crippen LogP contribution >= 0.6 is 0 Å². The average Bonchev–Trinajstić information content (AvgIpc) is 2.61. The number of hydrogen-bond acceptors (Lipinski definition) is 0. The van der Waals surface area contributed by atoms with Gasteiger partial charge in [-0.25, -0.2) is 0 Å². The first-order valence-corrected chi connectivity index (χ1v) is 5.55. The molecule has 2 rings (SSSR count). The predicted molar refractivity (Wildman–Crippen MR) is 58.4 cm³/mol. The van der Waals surface area contributed by atoms with Crippen LogP contribution in [0.1, 0.15) is 12.0 Å². The summed E-state index contributed by atoms with van der Waals surface area (Å²) in [5.74, 6) is 0. The molecular weight excluding hydrogens is 172 g/mol. The Morgan fingerprint density at radius 2 is 2.08 bits per heavy atom. The van der Waals surface area contributed by atoms with E-state index in [9.17, 15) is 0 Å². The van der Waals surface area contributed by atoms with Crippen LogP contribution in [0.15, 0.2) is 47.7 Å². The maximum Gasteiger partial charge on any atom is 0.121 e. The smallest absolute Gasteiger partial charge is 0.0816 e. The molecule has 0 N–H and O–H groups in total. The van der Waals surface area contributed by atoms with Crippen LogP contribution in [0.5, 0.6) is 0 Å². The third-order valence-corrected chi connectivity index (χ3v) is 3.69. The Morgan fingerprint density at radius 3 is 2.77 bits per heavy atom. The minimum atomic E-state index is 0.831. The van der Waals surface area contributed by atoms with Crippen LogP contribution in [0.25, 0.3) is 0 Å². The molecule has 0 spiro atoms. The van der Waals surface area contributed by atoms with Crippen LogP contribution in [-0.4, -0.2) is 9.52 Å². The summed E-state index contributed by atoms with van der Waals surface area (Å²) in [6.45, 7) is 2.18.